The van der Waals surface area contributed by atoms with Crippen LogP contribution in [0.25, 0.3) is 0 Å². The van der Waals surface area contributed by atoms with Gasteiger partial charge < -0.3 is 19.7 Å². The lowest BCUT2D eigenvalue weighted by Crippen LogP contribution is -2.41. The maximum Gasteiger partial charge on any atom is 0.264 e. The highest BCUT2D eigenvalue weighted by Gasteiger charge is 2.32. The molecular weight excluding hydrogens is 358 g/mol. The van der Waals surface area contributed by atoms with Crippen LogP contribution in [0.1, 0.15) is 41.6 Å². The highest BCUT2D eigenvalue weighted by atomic mass is 19.3. The Bertz CT molecular complexity index is 623. The van der Waals surface area contributed by atoms with E-state index >= 15 is 0 Å². The first-order chi connectivity index (χ1) is 13.0. The van der Waals surface area contributed by atoms with Crippen molar-refractivity contribution in [2.75, 3.05) is 40.0 Å². The van der Waals surface area contributed by atoms with Crippen LogP contribution in [-0.4, -0.2) is 62.8 Å². The number of nitrogens with one attached hydrogen (secondary N) is 1. The van der Waals surface area contributed by atoms with Crippen LogP contribution < -0.4 is 5.32 Å². The molecule has 1 N–H and O–H groups in total. The van der Waals surface area contributed by atoms with Gasteiger partial charge in [-0.25, -0.2) is 8.78 Å². The second kappa shape index (κ2) is 10.9. The van der Waals surface area contributed by atoms with Crippen molar-refractivity contribution in [3.05, 3.63) is 35.4 Å². The molecule has 2 amide bonds. The summed E-state index contributed by atoms with van der Waals surface area (Å²) in [4.78, 5) is 26.2. The van der Waals surface area contributed by atoms with Gasteiger partial charge in [-0.3, -0.25) is 9.59 Å². The number of benzene rings is 1. The number of hydrogen-bond donors (Lipinski definition) is 1. The lowest BCUT2D eigenvalue weighted by molar-refractivity contribution is -0.136. The van der Waals surface area contributed by atoms with E-state index in [-0.39, 0.29) is 36.2 Å². The van der Waals surface area contributed by atoms with Gasteiger partial charge in [-0.2, -0.15) is 0 Å². The molecule has 150 valence electrons. The van der Waals surface area contributed by atoms with Crippen molar-refractivity contribution in [2.45, 2.75) is 31.7 Å². The number of rotatable bonds is 12. The Morgan fingerprint density at radius 3 is 2.67 bits per heavy atom. The number of carbonyl (C=O) groups is 2. The summed E-state index contributed by atoms with van der Waals surface area (Å²) in [6, 6.07) is 5.79. The maximum absolute atomic E-state index is 13.0. The van der Waals surface area contributed by atoms with Crippen LogP contribution in [0, 0.1) is 0 Å². The standard InChI is InChI=1S/C19H26F2N2O4/c1-26-11-4-12-27-13-17(24)23(14-7-8-14)10-9-22-19(25)16-6-3-2-5-15(16)18(20)21/h2-3,5-6,14,18H,4,7-13H2,1H3,(H,22,25). The van der Waals surface area contributed by atoms with Gasteiger partial charge in [0.2, 0.25) is 5.91 Å². The van der Waals surface area contributed by atoms with Gasteiger partial charge in [0.1, 0.15) is 6.61 Å². The summed E-state index contributed by atoms with van der Waals surface area (Å²) in [6.45, 7) is 1.53. The van der Waals surface area contributed by atoms with E-state index in [9.17, 15) is 18.4 Å². The SMILES string of the molecule is COCCCOCC(=O)N(CCNC(=O)c1ccccc1C(F)F)C1CC1. The van der Waals surface area contributed by atoms with Crippen LogP contribution >= 0.6 is 0 Å². The second-order valence-corrected chi connectivity index (χ2v) is 6.36. The second-order valence-electron chi connectivity index (χ2n) is 6.36. The first-order valence-electron chi connectivity index (χ1n) is 9.06. The molecule has 0 aliphatic heterocycles. The summed E-state index contributed by atoms with van der Waals surface area (Å²) in [7, 11) is 1.61. The van der Waals surface area contributed by atoms with E-state index in [4.69, 9.17) is 9.47 Å². The largest absolute Gasteiger partial charge is 0.385 e. The molecule has 0 atom stereocenters. The van der Waals surface area contributed by atoms with Crippen LogP contribution in [0.4, 0.5) is 8.78 Å². The van der Waals surface area contributed by atoms with E-state index in [0.717, 1.165) is 12.8 Å². The molecule has 27 heavy (non-hydrogen) atoms. The van der Waals surface area contributed by atoms with Gasteiger partial charge in [-0.15, -0.1) is 0 Å². The third-order valence-corrected chi connectivity index (χ3v) is 4.25. The zero-order valence-corrected chi connectivity index (χ0v) is 15.5. The zero-order chi connectivity index (χ0) is 19.6. The summed E-state index contributed by atoms with van der Waals surface area (Å²) in [5.41, 5.74) is -0.340. The number of alkyl halides is 2. The molecule has 1 saturated carbocycles. The average molecular weight is 384 g/mol. The first-order valence-corrected chi connectivity index (χ1v) is 9.06. The van der Waals surface area contributed by atoms with Gasteiger partial charge in [0.05, 0.1) is 0 Å². The van der Waals surface area contributed by atoms with E-state index in [1.165, 1.54) is 18.2 Å². The van der Waals surface area contributed by atoms with Crippen LogP contribution in [0.15, 0.2) is 24.3 Å². The van der Waals surface area contributed by atoms with Crippen molar-refractivity contribution in [3.63, 3.8) is 0 Å². The summed E-state index contributed by atoms with van der Waals surface area (Å²) in [5, 5.41) is 2.62. The predicted molar refractivity (Wildman–Crippen MR) is 95.8 cm³/mol. The predicted octanol–water partition coefficient (Wildman–Crippen LogP) is 2.40. The quantitative estimate of drug-likeness (QED) is 0.562. The van der Waals surface area contributed by atoms with E-state index in [1.807, 2.05) is 0 Å². The Morgan fingerprint density at radius 2 is 2.00 bits per heavy atom. The Morgan fingerprint density at radius 1 is 1.26 bits per heavy atom. The topological polar surface area (TPSA) is 67.9 Å². The fraction of sp³-hybridized carbons (Fsp3) is 0.579. The minimum atomic E-state index is -2.72. The molecule has 0 unspecified atom stereocenters. The number of carbonyl (C=O) groups excluding carboxylic acids is 2. The third kappa shape index (κ3) is 6.88. The van der Waals surface area contributed by atoms with Crippen LogP contribution in [-0.2, 0) is 14.3 Å². The van der Waals surface area contributed by atoms with Gasteiger partial charge >= 0.3 is 0 Å². The number of amides is 2. The molecule has 0 heterocycles. The fourth-order valence-electron chi connectivity index (χ4n) is 2.72. The molecule has 1 aromatic rings. The Kier molecular flexibility index (Phi) is 8.60. The molecule has 0 radical (unpaired) electrons. The minimum absolute atomic E-state index is 0.0115. The Hall–Kier alpha value is -2.06. The highest BCUT2D eigenvalue weighted by molar-refractivity contribution is 5.95. The molecule has 6 nitrogen and oxygen atoms in total. The minimum Gasteiger partial charge on any atom is -0.385 e. The Balaban J connectivity index is 1.79. The van der Waals surface area contributed by atoms with Gasteiger partial charge in [0, 0.05) is 50.6 Å². The highest BCUT2D eigenvalue weighted by Crippen LogP contribution is 2.26. The molecule has 2 rings (SSSR count). The lowest BCUT2D eigenvalue weighted by atomic mass is 10.1. The molecule has 1 fully saturated rings. The normalized spacial score (nSPS) is 13.6. The van der Waals surface area contributed by atoms with E-state index in [2.05, 4.69) is 5.32 Å². The Labute approximate surface area is 157 Å². The van der Waals surface area contributed by atoms with Gasteiger partial charge in [0.15, 0.2) is 0 Å². The molecule has 1 aliphatic carbocycles. The van der Waals surface area contributed by atoms with Gasteiger partial charge in [-0.1, -0.05) is 18.2 Å². The molecule has 0 spiro atoms. The number of ether oxygens (including phenoxy) is 2. The molecule has 8 heteroatoms. The molecule has 1 aromatic carbocycles. The molecule has 0 aromatic heterocycles. The number of halogens is 2. The smallest absolute Gasteiger partial charge is 0.264 e. The molecular formula is C19H26F2N2O4. The summed E-state index contributed by atoms with van der Waals surface area (Å²) in [5.74, 6) is -0.693. The summed E-state index contributed by atoms with van der Waals surface area (Å²) >= 11 is 0. The van der Waals surface area contributed by atoms with Crippen molar-refractivity contribution < 1.29 is 27.8 Å². The number of hydrogen-bond acceptors (Lipinski definition) is 4. The summed E-state index contributed by atoms with van der Waals surface area (Å²) in [6.07, 6.45) is -0.145. The van der Waals surface area contributed by atoms with Crippen molar-refractivity contribution >= 4 is 11.8 Å². The summed E-state index contributed by atoms with van der Waals surface area (Å²) < 4.78 is 36.3. The maximum atomic E-state index is 13.0. The van der Waals surface area contributed by atoms with E-state index in [0.29, 0.717) is 26.2 Å². The van der Waals surface area contributed by atoms with E-state index in [1.54, 1.807) is 18.1 Å². The van der Waals surface area contributed by atoms with Crippen LogP contribution in [0.3, 0.4) is 0 Å². The van der Waals surface area contributed by atoms with Crippen molar-refractivity contribution in [1.29, 1.82) is 0 Å². The van der Waals surface area contributed by atoms with Gasteiger partial charge in [0.25, 0.3) is 12.3 Å². The number of nitrogens with zero attached hydrogens (tertiary/aromatic N) is 1. The van der Waals surface area contributed by atoms with Crippen LogP contribution in [0.2, 0.25) is 0 Å². The number of methoxy groups -OCH3 is 1. The fourth-order valence-corrected chi connectivity index (χ4v) is 2.72. The van der Waals surface area contributed by atoms with Crippen molar-refractivity contribution in [2.24, 2.45) is 0 Å². The van der Waals surface area contributed by atoms with E-state index < -0.39 is 12.3 Å². The zero-order valence-electron chi connectivity index (χ0n) is 15.5. The lowest BCUT2D eigenvalue weighted by Gasteiger charge is -2.22. The van der Waals surface area contributed by atoms with Crippen LogP contribution in [0.5, 0.6) is 0 Å². The van der Waals surface area contributed by atoms with Crippen molar-refractivity contribution in [3.8, 4) is 0 Å². The molecule has 0 saturated heterocycles. The molecule has 0 bridgehead atoms. The van der Waals surface area contributed by atoms with Crippen molar-refractivity contribution in [1.82, 2.24) is 10.2 Å². The average Bonchev–Trinajstić information content (AvgIpc) is 3.49. The first kappa shape index (κ1) is 21.2. The monoisotopic (exact) mass is 384 g/mol. The molecule has 1 aliphatic rings. The van der Waals surface area contributed by atoms with Gasteiger partial charge in [-0.05, 0) is 25.3 Å². The third-order valence-electron chi connectivity index (χ3n) is 4.25.